The molecule has 4 nitrogen and oxygen atoms in total. The Balaban J connectivity index is 2.07. The second-order valence-corrected chi connectivity index (χ2v) is 6.17. The Labute approximate surface area is 140 Å². The number of hydrogen-bond acceptors (Lipinski definition) is 2. The van der Waals surface area contributed by atoms with Crippen LogP contribution in [0.15, 0.2) is 42.5 Å². The Hall–Kier alpha value is -2.33. The third-order valence-corrected chi connectivity index (χ3v) is 4.60. The van der Waals surface area contributed by atoms with Gasteiger partial charge in [-0.15, -0.1) is 0 Å². The summed E-state index contributed by atoms with van der Waals surface area (Å²) in [5, 5.41) is 3.40. The van der Waals surface area contributed by atoms with Gasteiger partial charge in [0, 0.05) is 19.1 Å². The van der Waals surface area contributed by atoms with Gasteiger partial charge >= 0.3 is 0 Å². The minimum Gasteiger partial charge on any atom is -0.272 e. The van der Waals surface area contributed by atoms with Crippen molar-refractivity contribution in [3.8, 4) is 11.1 Å². The molecule has 0 aromatic heterocycles. The van der Waals surface area contributed by atoms with Crippen LogP contribution in [-0.4, -0.2) is 35.9 Å². The summed E-state index contributed by atoms with van der Waals surface area (Å²) in [5.74, 6) is -1.17. The number of halogens is 1. The Morgan fingerprint density at radius 2 is 1.39 bits per heavy atom. The van der Waals surface area contributed by atoms with Crippen molar-refractivity contribution >= 4 is 23.4 Å². The fraction of sp³-hybridized carbons (Fsp3) is 0.222. The summed E-state index contributed by atoms with van der Waals surface area (Å²) in [6, 6.07) is 13.3. The van der Waals surface area contributed by atoms with Gasteiger partial charge in [-0.2, -0.15) is 0 Å². The van der Waals surface area contributed by atoms with E-state index in [1.807, 2.05) is 49.4 Å². The molecule has 0 aliphatic carbocycles. The van der Waals surface area contributed by atoms with Crippen molar-refractivity contribution in [1.29, 1.82) is 0 Å². The van der Waals surface area contributed by atoms with Crippen LogP contribution in [0.3, 0.4) is 0 Å². The summed E-state index contributed by atoms with van der Waals surface area (Å²) in [5.41, 5.74) is 3.64. The van der Waals surface area contributed by atoms with E-state index in [2.05, 4.69) is 0 Å². The van der Waals surface area contributed by atoms with Gasteiger partial charge in [-0.05, 0) is 47.4 Å². The molecular formula is C18H17ClN2O2. The van der Waals surface area contributed by atoms with Crippen LogP contribution in [0.2, 0.25) is 5.02 Å². The summed E-state index contributed by atoms with van der Waals surface area (Å²) in [6.07, 6.45) is 0. The third kappa shape index (κ3) is 2.59. The zero-order chi connectivity index (χ0) is 16.7. The molecule has 23 heavy (non-hydrogen) atoms. The molecule has 0 N–H and O–H groups in total. The van der Waals surface area contributed by atoms with Gasteiger partial charge < -0.3 is 0 Å². The molecule has 1 aliphatic heterocycles. The maximum atomic E-state index is 12.4. The zero-order valence-electron chi connectivity index (χ0n) is 13.2. The van der Waals surface area contributed by atoms with E-state index < -0.39 is 5.92 Å². The number of carbonyl (C=O) groups excluding carboxylic acids is 2. The number of benzene rings is 2. The SMILES string of the molecule is Cc1ccc(-c2ccc(Cl)cc2)cc1C1C(=O)N(C)N(C)C1=O. The number of hydrazine groups is 1. The normalized spacial score (nSPS) is 15.7. The van der Waals surface area contributed by atoms with Gasteiger partial charge in [-0.3, -0.25) is 19.6 Å². The predicted octanol–water partition coefficient (Wildman–Crippen LogP) is 3.24. The molecule has 0 bridgehead atoms. The van der Waals surface area contributed by atoms with Crippen LogP contribution in [0.1, 0.15) is 17.0 Å². The van der Waals surface area contributed by atoms with E-state index in [9.17, 15) is 9.59 Å². The minimum absolute atomic E-state index is 0.200. The van der Waals surface area contributed by atoms with Crippen molar-refractivity contribution in [1.82, 2.24) is 10.0 Å². The molecule has 0 atom stereocenters. The Morgan fingerprint density at radius 1 is 0.870 bits per heavy atom. The van der Waals surface area contributed by atoms with Gasteiger partial charge in [0.1, 0.15) is 5.92 Å². The van der Waals surface area contributed by atoms with Crippen LogP contribution < -0.4 is 0 Å². The standard InChI is InChI=1S/C18H17ClN2O2/c1-11-4-5-13(12-6-8-14(19)9-7-12)10-15(11)16-17(22)20(2)21(3)18(16)23/h4-10,16H,1-3H3. The lowest BCUT2D eigenvalue weighted by molar-refractivity contribution is -0.141. The molecule has 0 spiro atoms. The summed E-state index contributed by atoms with van der Waals surface area (Å²) in [7, 11) is 3.22. The third-order valence-electron chi connectivity index (χ3n) is 4.35. The average molecular weight is 329 g/mol. The maximum absolute atomic E-state index is 12.4. The van der Waals surface area contributed by atoms with Crippen LogP contribution in [0.25, 0.3) is 11.1 Å². The topological polar surface area (TPSA) is 40.6 Å². The fourth-order valence-electron chi connectivity index (χ4n) is 2.81. The first-order valence-electron chi connectivity index (χ1n) is 7.31. The molecule has 0 radical (unpaired) electrons. The summed E-state index contributed by atoms with van der Waals surface area (Å²) < 4.78 is 0. The average Bonchev–Trinajstić information content (AvgIpc) is 2.73. The number of aryl methyl sites for hydroxylation is 1. The van der Waals surface area contributed by atoms with Crippen molar-refractivity contribution in [2.24, 2.45) is 0 Å². The summed E-state index contributed by atoms with van der Waals surface area (Å²) >= 11 is 5.93. The lowest BCUT2D eigenvalue weighted by Crippen LogP contribution is -2.33. The van der Waals surface area contributed by atoms with Crippen molar-refractivity contribution < 1.29 is 9.59 Å². The zero-order valence-corrected chi connectivity index (χ0v) is 14.0. The Bertz CT molecular complexity index is 766. The number of likely N-dealkylation sites (N-methyl/N-ethyl adjacent to an activating group) is 2. The molecule has 0 saturated carbocycles. The highest BCUT2D eigenvalue weighted by Gasteiger charge is 2.43. The van der Waals surface area contributed by atoms with Crippen LogP contribution in [0.5, 0.6) is 0 Å². The summed E-state index contributed by atoms with van der Waals surface area (Å²) in [6.45, 7) is 1.92. The fourth-order valence-corrected chi connectivity index (χ4v) is 2.94. The van der Waals surface area contributed by atoms with Crippen LogP contribution in [0.4, 0.5) is 0 Å². The molecule has 2 amide bonds. The van der Waals surface area contributed by atoms with E-state index in [4.69, 9.17) is 11.6 Å². The second kappa shape index (κ2) is 5.70. The van der Waals surface area contributed by atoms with Crippen LogP contribution >= 0.6 is 11.6 Å². The van der Waals surface area contributed by atoms with E-state index >= 15 is 0 Å². The highest BCUT2D eigenvalue weighted by molar-refractivity contribution is 6.30. The number of amides is 2. The lowest BCUT2D eigenvalue weighted by Gasteiger charge is -2.17. The van der Waals surface area contributed by atoms with Gasteiger partial charge in [0.25, 0.3) is 11.8 Å². The molecule has 0 unspecified atom stereocenters. The van der Waals surface area contributed by atoms with Crippen LogP contribution in [0, 0.1) is 6.92 Å². The number of hydrogen-bond donors (Lipinski definition) is 0. The molecule has 1 heterocycles. The highest BCUT2D eigenvalue weighted by atomic mass is 35.5. The molecule has 3 rings (SSSR count). The molecule has 2 aromatic carbocycles. The number of rotatable bonds is 2. The van der Waals surface area contributed by atoms with Crippen molar-refractivity contribution in [3.05, 3.63) is 58.6 Å². The lowest BCUT2D eigenvalue weighted by atomic mass is 9.90. The quantitative estimate of drug-likeness (QED) is 0.794. The van der Waals surface area contributed by atoms with Crippen molar-refractivity contribution in [2.45, 2.75) is 12.8 Å². The van der Waals surface area contributed by atoms with E-state index in [0.29, 0.717) is 5.02 Å². The first kappa shape index (κ1) is 15.6. The van der Waals surface area contributed by atoms with E-state index in [0.717, 1.165) is 22.3 Å². The van der Waals surface area contributed by atoms with E-state index in [1.165, 1.54) is 10.0 Å². The van der Waals surface area contributed by atoms with Gasteiger partial charge in [-0.25, -0.2) is 0 Å². The number of nitrogens with zero attached hydrogens (tertiary/aromatic N) is 2. The predicted molar refractivity (Wildman–Crippen MR) is 89.9 cm³/mol. The second-order valence-electron chi connectivity index (χ2n) is 5.73. The maximum Gasteiger partial charge on any atom is 0.258 e. The molecule has 1 fully saturated rings. The largest absolute Gasteiger partial charge is 0.272 e. The van der Waals surface area contributed by atoms with Gasteiger partial charge in [0.2, 0.25) is 0 Å². The monoisotopic (exact) mass is 328 g/mol. The summed E-state index contributed by atoms with van der Waals surface area (Å²) in [4.78, 5) is 24.8. The molecular weight excluding hydrogens is 312 g/mol. The molecule has 5 heteroatoms. The van der Waals surface area contributed by atoms with Crippen LogP contribution in [-0.2, 0) is 9.59 Å². The smallest absolute Gasteiger partial charge is 0.258 e. The highest BCUT2D eigenvalue weighted by Crippen LogP contribution is 2.32. The number of carbonyl (C=O) groups is 2. The van der Waals surface area contributed by atoms with Gasteiger partial charge in [0.05, 0.1) is 0 Å². The first-order valence-corrected chi connectivity index (χ1v) is 7.69. The molecule has 1 saturated heterocycles. The minimum atomic E-state index is -0.766. The van der Waals surface area contributed by atoms with E-state index in [-0.39, 0.29) is 11.8 Å². The van der Waals surface area contributed by atoms with Crippen molar-refractivity contribution in [2.75, 3.05) is 14.1 Å². The van der Waals surface area contributed by atoms with E-state index in [1.54, 1.807) is 14.1 Å². The van der Waals surface area contributed by atoms with Gasteiger partial charge in [-0.1, -0.05) is 35.9 Å². The molecule has 1 aliphatic rings. The van der Waals surface area contributed by atoms with Crippen molar-refractivity contribution in [3.63, 3.8) is 0 Å². The molecule has 118 valence electrons. The van der Waals surface area contributed by atoms with Gasteiger partial charge in [0.15, 0.2) is 0 Å². The Kier molecular flexibility index (Phi) is 3.86. The molecule has 2 aromatic rings. The Morgan fingerprint density at radius 3 is 1.96 bits per heavy atom. The first-order chi connectivity index (χ1) is 10.9.